The first-order valence-corrected chi connectivity index (χ1v) is 7.50. The first kappa shape index (κ1) is 17.7. The first-order chi connectivity index (χ1) is 9.42. The molecular weight excluding hydrogens is 269 g/mol. The Morgan fingerprint density at radius 3 is 2.40 bits per heavy atom. The van der Waals surface area contributed by atoms with Crippen LogP contribution in [0.3, 0.4) is 0 Å². The van der Waals surface area contributed by atoms with E-state index >= 15 is 0 Å². The van der Waals surface area contributed by atoms with Gasteiger partial charge in [-0.1, -0.05) is 6.92 Å². The maximum Gasteiger partial charge on any atom is 0.411 e. The minimum Gasteiger partial charge on any atom is -0.371 e. The second-order valence-electron chi connectivity index (χ2n) is 5.61. The summed E-state index contributed by atoms with van der Waals surface area (Å²) in [5.41, 5.74) is 0. The fourth-order valence-electron chi connectivity index (χ4n) is 2.65. The lowest BCUT2D eigenvalue weighted by Gasteiger charge is -2.35. The third kappa shape index (κ3) is 7.45. The number of hydrogen-bond acceptors (Lipinski definition) is 3. The van der Waals surface area contributed by atoms with E-state index in [0.29, 0.717) is 18.6 Å². The van der Waals surface area contributed by atoms with E-state index < -0.39 is 12.8 Å². The van der Waals surface area contributed by atoms with E-state index in [0.717, 1.165) is 38.6 Å². The molecule has 0 aromatic rings. The summed E-state index contributed by atoms with van der Waals surface area (Å²) in [5.74, 6) is 0. The topological polar surface area (TPSA) is 24.5 Å². The van der Waals surface area contributed by atoms with Gasteiger partial charge in [-0.15, -0.1) is 0 Å². The van der Waals surface area contributed by atoms with Gasteiger partial charge < -0.3 is 15.0 Å². The number of nitrogens with one attached hydrogen (secondary N) is 1. The molecule has 1 aliphatic rings. The maximum atomic E-state index is 11.9. The number of halogens is 3. The molecule has 1 saturated carbocycles. The second kappa shape index (κ2) is 8.85. The van der Waals surface area contributed by atoms with Crippen LogP contribution in [0.2, 0.25) is 0 Å². The summed E-state index contributed by atoms with van der Waals surface area (Å²) in [5, 5.41) is 3.53. The zero-order chi connectivity index (χ0) is 15.0. The van der Waals surface area contributed by atoms with Crippen LogP contribution in [0.15, 0.2) is 0 Å². The molecule has 0 spiro atoms. The molecule has 0 aromatic heterocycles. The van der Waals surface area contributed by atoms with Gasteiger partial charge in [0.2, 0.25) is 0 Å². The van der Waals surface area contributed by atoms with Gasteiger partial charge in [-0.3, -0.25) is 0 Å². The summed E-state index contributed by atoms with van der Waals surface area (Å²) in [6.07, 6.45) is 1.45. The fourth-order valence-corrected chi connectivity index (χ4v) is 2.65. The molecule has 1 aliphatic carbocycles. The lowest BCUT2D eigenvalue weighted by atomic mass is 9.90. The Balaban J connectivity index is 2.11. The van der Waals surface area contributed by atoms with E-state index in [1.165, 1.54) is 0 Å². The summed E-state index contributed by atoms with van der Waals surface area (Å²) in [7, 11) is 1.97. The van der Waals surface area contributed by atoms with E-state index in [2.05, 4.69) is 21.9 Å². The van der Waals surface area contributed by atoms with Gasteiger partial charge in [-0.2, -0.15) is 13.2 Å². The van der Waals surface area contributed by atoms with E-state index in [4.69, 9.17) is 0 Å². The summed E-state index contributed by atoms with van der Waals surface area (Å²) in [4.78, 5) is 2.13. The molecule has 0 radical (unpaired) electrons. The number of alkyl halides is 3. The number of rotatable bonds is 8. The van der Waals surface area contributed by atoms with Gasteiger partial charge in [-0.25, -0.2) is 0 Å². The molecule has 0 aliphatic heterocycles. The lowest BCUT2D eigenvalue weighted by molar-refractivity contribution is -0.174. The highest BCUT2D eigenvalue weighted by molar-refractivity contribution is 4.81. The van der Waals surface area contributed by atoms with Crippen LogP contribution in [-0.4, -0.2) is 56.5 Å². The van der Waals surface area contributed by atoms with Crippen molar-refractivity contribution in [2.75, 3.05) is 33.4 Å². The molecule has 0 bridgehead atoms. The Bertz CT molecular complexity index is 253. The van der Waals surface area contributed by atoms with Crippen LogP contribution in [0.1, 0.15) is 39.0 Å². The predicted octanol–water partition coefficient (Wildman–Crippen LogP) is 2.81. The highest BCUT2D eigenvalue weighted by Crippen LogP contribution is 2.22. The van der Waals surface area contributed by atoms with Gasteiger partial charge in [0, 0.05) is 18.6 Å². The summed E-state index contributed by atoms with van der Waals surface area (Å²) < 4.78 is 40.5. The molecule has 0 amide bonds. The Kier molecular flexibility index (Phi) is 7.84. The van der Waals surface area contributed by atoms with Crippen molar-refractivity contribution in [1.82, 2.24) is 10.2 Å². The summed E-state index contributed by atoms with van der Waals surface area (Å²) in [6.45, 7) is 2.79. The van der Waals surface area contributed by atoms with Crippen molar-refractivity contribution in [3.8, 4) is 0 Å². The molecule has 20 heavy (non-hydrogen) atoms. The summed E-state index contributed by atoms with van der Waals surface area (Å²) >= 11 is 0. The Labute approximate surface area is 119 Å². The van der Waals surface area contributed by atoms with Crippen LogP contribution >= 0.6 is 0 Å². The van der Waals surface area contributed by atoms with Crippen LogP contribution in [0, 0.1) is 0 Å². The fraction of sp³-hybridized carbons (Fsp3) is 1.00. The molecular formula is C14H27F3N2O. The molecule has 0 heterocycles. The summed E-state index contributed by atoms with van der Waals surface area (Å²) in [6, 6.07) is 1.09. The molecule has 0 atom stereocenters. The van der Waals surface area contributed by atoms with E-state index in [9.17, 15) is 13.2 Å². The zero-order valence-corrected chi connectivity index (χ0v) is 12.5. The van der Waals surface area contributed by atoms with Crippen molar-refractivity contribution in [3.05, 3.63) is 0 Å². The molecule has 0 unspecified atom stereocenters. The van der Waals surface area contributed by atoms with Gasteiger partial charge in [0.25, 0.3) is 0 Å². The molecule has 1 fully saturated rings. The van der Waals surface area contributed by atoms with Crippen LogP contribution in [0.4, 0.5) is 13.2 Å². The second-order valence-corrected chi connectivity index (χ2v) is 5.61. The van der Waals surface area contributed by atoms with E-state index in [-0.39, 0.29) is 6.61 Å². The minimum atomic E-state index is -4.22. The lowest BCUT2D eigenvalue weighted by Crippen LogP contribution is -2.42. The average molecular weight is 296 g/mol. The molecule has 120 valence electrons. The van der Waals surface area contributed by atoms with Crippen molar-refractivity contribution in [2.24, 2.45) is 0 Å². The van der Waals surface area contributed by atoms with Gasteiger partial charge in [0.05, 0.1) is 6.61 Å². The van der Waals surface area contributed by atoms with Gasteiger partial charge in [0.1, 0.15) is 6.61 Å². The molecule has 0 aromatic carbocycles. The number of hydrogen-bond donors (Lipinski definition) is 1. The van der Waals surface area contributed by atoms with Gasteiger partial charge in [-0.05, 0) is 45.7 Å². The standard InChI is InChI=1S/C14H27F3N2O/c1-3-8-18-12-4-6-13(7-5-12)19(2)9-10-20-11-14(15,16)17/h12-13,18H,3-11H2,1-2H3. The monoisotopic (exact) mass is 296 g/mol. The van der Waals surface area contributed by atoms with E-state index in [1.807, 2.05) is 7.05 Å². The van der Waals surface area contributed by atoms with Crippen LogP contribution < -0.4 is 5.32 Å². The number of likely N-dealkylation sites (N-methyl/N-ethyl adjacent to an activating group) is 1. The van der Waals surface area contributed by atoms with Crippen LogP contribution in [-0.2, 0) is 4.74 Å². The van der Waals surface area contributed by atoms with Gasteiger partial charge >= 0.3 is 6.18 Å². The quantitative estimate of drug-likeness (QED) is 0.697. The third-order valence-corrected chi connectivity index (χ3v) is 3.86. The SMILES string of the molecule is CCCNC1CCC(N(C)CCOCC(F)(F)F)CC1. The van der Waals surface area contributed by atoms with Crippen molar-refractivity contribution in [2.45, 2.75) is 57.3 Å². The van der Waals surface area contributed by atoms with E-state index in [1.54, 1.807) is 0 Å². The molecule has 1 N–H and O–H groups in total. The van der Waals surface area contributed by atoms with Crippen LogP contribution in [0.5, 0.6) is 0 Å². The number of ether oxygens (including phenoxy) is 1. The van der Waals surface area contributed by atoms with Crippen molar-refractivity contribution in [3.63, 3.8) is 0 Å². The van der Waals surface area contributed by atoms with Crippen molar-refractivity contribution in [1.29, 1.82) is 0 Å². The minimum absolute atomic E-state index is 0.143. The normalized spacial score (nSPS) is 24.3. The zero-order valence-electron chi connectivity index (χ0n) is 12.5. The highest BCUT2D eigenvalue weighted by atomic mass is 19.4. The Morgan fingerprint density at radius 2 is 1.85 bits per heavy atom. The Hall–Kier alpha value is -0.330. The third-order valence-electron chi connectivity index (χ3n) is 3.86. The molecule has 1 rings (SSSR count). The van der Waals surface area contributed by atoms with Crippen molar-refractivity contribution < 1.29 is 17.9 Å². The molecule has 0 saturated heterocycles. The maximum absolute atomic E-state index is 11.9. The molecule has 3 nitrogen and oxygen atoms in total. The largest absolute Gasteiger partial charge is 0.411 e. The highest BCUT2D eigenvalue weighted by Gasteiger charge is 2.28. The molecule has 6 heteroatoms. The average Bonchev–Trinajstić information content (AvgIpc) is 2.40. The predicted molar refractivity (Wildman–Crippen MR) is 73.8 cm³/mol. The number of nitrogens with zero attached hydrogens (tertiary/aromatic N) is 1. The van der Waals surface area contributed by atoms with Gasteiger partial charge in [0.15, 0.2) is 0 Å². The Morgan fingerprint density at radius 1 is 1.20 bits per heavy atom. The van der Waals surface area contributed by atoms with Crippen LogP contribution in [0.25, 0.3) is 0 Å². The first-order valence-electron chi connectivity index (χ1n) is 7.50. The smallest absolute Gasteiger partial charge is 0.371 e. The van der Waals surface area contributed by atoms with Crippen molar-refractivity contribution >= 4 is 0 Å².